The Morgan fingerprint density at radius 2 is 1.96 bits per heavy atom. The van der Waals surface area contributed by atoms with E-state index in [9.17, 15) is 14.0 Å². The minimum absolute atomic E-state index is 0.0107. The highest BCUT2D eigenvalue weighted by atomic mass is 35.5. The molecule has 1 saturated heterocycles. The molecule has 1 heterocycles. The third kappa shape index (κ3) is 3.65. The first-order chi connectivity index (χ1) is 11.5. The average molecular weight is 348 g/mol. The van der Waals surface area contributed by atoms with E-state index >= 15 is 0 Å². The number of benzene rings is 2. The zero-order valence-corrected chi connectivity index (χ0v) is 13.4. The van der Waals surface area contributed by atoms with E-state index in [0.29, 0.717) is 18.8 Å². The second kappa shape index (κ2) is 6.88. The lowest BCUT2D eigenvalue weighted by molar-refractivity contribution is -0.120. The summed E-state index contributed by atoms with van der Waals surface area (Å²) in [5.74, 6) is -1.07. The monoisotopic (exact) mass is 347 g/mol. The smallest absolute Gasteiger partial charge is 0.255 e. The van der Waals surface area contributed by atoms with Crippen molar-refractivity contribution < 1.29 is 14.0 Å². The molecular formula is C17H15ClFN3O2. The Bertz CT molecular complexity index is 780. The molecule has 24 heavy (non-hydrogen) atoms. The number of nitrogens with one attached hydrogen (secondary N) is 2. The minimum Gasteiger partial charge on any atom is -0.360 e. The van der Waals surface area contributed by atoms with Crippen LogP contribution in [0, 0.1) is 5.82 Å². The number of piperazine rings is 1. The van der Waals surface area contributed by atoms with Crippen molar-refractivity contribution in [2.24, 2.45) is 0 Å². The predicted octanol–water partition coefficient (Wildman–Crippen LogP) is 2.67. The molecule has 0 unspecified atom stereocenters. The highest BCUT2D eigenvalue weighted by Crippen LogP contribution is 2.20. The van der Waals surface area contributed by atoms with Crippen molar-refractivity contribution in [1.82, 2.24) is 5.32 Å². The predicted molar refractivity (Wildman–Crippen MR) is 91.0 cm³/mol. The third-order valence-corrected chi connectivity index (χ3v) is 4.02. The molecule has 0 atom stereocenters. The Hall–Kier alpha value is -2.60. The van der Waals surface area contributed by atoms with E-state index in [-0.39, 0.29) is 16.5 Å². The molecule has 7 heteroatoms. The van der Waals surface area contributed by atoms with Crippen molar-refractivity contribution >= 4 is 34.8 Å². The summed E-state index contributed by atoms with van der Waals surface area (Å²) in [5.41, 5.74) is 1.68. The van der Waals surface area contributed by atoms with Crippen LogP contribution in [0.1, 0.15) is 10.4 Å². The van der Waals surface area contributed by atoms with Crippen LogP contribution in [-0.4, -0.2) is 31.4 Å². The van der Waals surface area contributed by atoms with E-state index in [1.807, 2.05) is 17.0 Å². The van der Waals surface area contributed by atoms with Gasteiger partial charge in [0.15, 0.2) is 0 Å². The van der Waals surface area contributed by atoms with Gasteiger partial charge in [-0.3, -0.25) is 9.59 Å². The van der Waals surface area contributed by atoms with Gasteiger partial charge < -0.3 is 15.5 Å². The van der Waals surface area contributed by atoms with E-state index in [0.717, 1.165) is 18.3 Å². The summed E-state index contributed by atoms with van der Waals surface area (Å²) in [6.45, 7) is 1.66. The van der Waals surface area contributed by atoms with Crippen LogP contribution in [-0.2, 0) is 4.79 Å². The van der Waals surface area contributed by atoms with Crippen LogP contribution in [0.3, 0.4) is 0 Å². The number of carbonyl (C=O) groups excluding carboxylic acids is 2. The summed E-state index contributed by atoms with van der Waals surface area (Å²) in [7, 11) is 0. The Balaban J connectivity index is 1.68. The summed E-state index contributed by atoms with van der Waals surface area (Å²) >= 11 is 5.61. The Kier molecular flexibility index (Phi) is 4.66. The van der Waals surface area contributed by atoms with E-state index in [1.54, 1.807) is 12.1 Å². The van der Waals surface area contributed by atoms with Gasteiger partial charge >= 0.3 is 0 Å². The quantitative estimate of drug-likeness (QED) is 0.897. The van der Waals surface area contributed by atoms with Gasteiger partial charge in [0.1, 0.15) is 5.82 Å². The van der Waals surface area contributed by atoms with Gasteiger partial charge in [-0.15, -0.1) is 0 Å². The van der Waals surface area contributed by atoms with Gasteiger partial charge in [-0.2, -0.15) is 0 Å². The molecular weight excluding hydrogens is 333 g/mol. The van der Waals surface area contributed by atoms with Crippen LogP contribution in [0.25, 0.3) is 0 Å². The van der Waals surface area contributed by atoms with Gasteiger partial charge in [-0.05, 0) is 42.5 Å². The van der Waals surface area contributed by atoms with Gasteiger partial charge in [-0.25, -0.2) is 4.39 Å². The zero-order chi connectivity index (χ0) is 17.1. The summed E-state index contributed by atoms with van der Waals surface area (Å²) in [4.78, 5) is 25.5. The zero-order valence-electron chi connectivity index (χ0n) is 12.7. The number of anilines is 2. The largest absolute Gasteiger partial charge is 0.360 e. The van der Waals surface area contributed by atoms with Crippen molar-refractivity contribution in [2.45, 2.75) is 0 Å². The molecule has 2 aromatic rings. The van der Waals surface area contributed by atoms with Crippen LogP contribution >= 0.6 is 11.6 Å². The van der Waals surface area contributed by atoms with Crippen LogP contribution in [0.5, 0.6) is 0 Å². The second-order valence-electron chi connectivity index (χ2n) is 5.40. The maximum Gasteiger partial charge on any atom is 0.255 e. The molecule has 5 nitrogen and oxygen atoms in total. The Morgan fingerprint density at radius 3 is 2.62 bits per heavy atom. The lowest BCUT2D eigenvalue weighted by atomic mass is 10.2. The van der Waals surface area contributed by atoms with Crippen LogP contribution in [0.2, 0.25) is 5.02 Å². The lowest BCUT2D eigenvalue weighted by Gasteiger charge is -2.28. The lowest BCUT2D eigenvalue weighted by Crippen LogP contribution is -2.47. The van der Waals surface area contributed by atoms with E-state index in [1.165, 1.54) is 12.1 Å². The number of rotatable bonds is 3. The maximum atomic E-state index is 13.4. The summed E-state index contributed by atoms with van der Waals surface area (Å²) in [6.07, 6.45) is 0. The third-order valence-electron chi connectivity index (χ3n) is 3.71. The van der Waals surface area contributed by atoms with Gasteiger partial charge in [0, 0.05) is 30.0 Å². The average Bonchev–Trinajstić information content (AvgIpc) is 2.58. The summed E-state index contributed by atoms with van der Waals surface area (Å²) in [6, 6.07) is 11.0. The van der Waals surface area contributed by atoms with Gasteiger partial charge in [-0.1, -0.05) is 11.6 Å². The molecule has 2 N–H and O–H groups in total. The molecule has 124 valence electrons. The van der Waals surface area contributed by atoms with E-state index in [2.05, 4.69) is 10.6 Å². The molecule has 3 rings (SSSR count). The fourth-order valence-corrected chi connectivity index (χ4v) is 2.57. The SMILES string of the molecule is O=C1CN(c2ccc(NC(=O)c3ccc(Cl)c(F)c3)cc2)CCN1. The van der Waals surface area contributed by atoms with Gasteiger partial charge in [0.2, 0.25) is 5.91 Å². The van der Waals surface area contributed by atoms with Crippen molar-refractivity contribution in [3.05, 3.63) is 58.9 Å². The molecule has 2 aromatic carbocycles. The van der Waals surface area contributed by atoms with Crippen molar-refractivity contribution in [2.75, 3.05) is 29.9 Å². The highest BCUT2D eigenvalue weighted by molar-refractivity contribution is 6.30. The number of halogens is 2. The summed E-state index contributed by atoms with van der Waals surface area (Å²) in [5, 5.41) is 5.44. The first kappa shape index (κ1) is 16.3. The van der Waals surface area contributed by atoms with Gasteiger partial charge in [0.25, 0.3) is 5.91 Å². The molecule has 1 fully saturated rings. The minimum atomic E-state index is -0.636. The number of nitrogens with zero attached hydrogens (tertiary/aromatic N) is 1. The number of carbonyl (C=O) groups is 2. The molecule has 0 radical (unpaired) electrons. The first-order valence-electron chi connectivity index (χ1n) is 7.41. The standard InChI is InChI=1S/C17H15ClFN3O2/c18-14-6-1-11(9-15(14)19)17(24)21-12-2-4-13(5-3-12)22-8-7-20-16(23)10-22/h1-6,9H,7-8,10H2,(H,20,23)(H,21,24). The molecule has 0 saturated carbocycles. The van der Waals surface area contributed by atoms with E-state index in [4.69, 9.17) is 11.6 Å². The number of hydrogen-bond acceptors (Lipinski definition) is 3. The van der Waals surface area contributed by atoms with Gasteiger partial charge in [0.05, 0.1) is 11.6 Å². The highest BCUT2D eigenvalue weighted by Gasteiger charge is 2.16. The number of hydrogen-bond donors (Lipinski definition) is 2. The van der Waals surface area contributed by atoms with Crippen LogP contribution < -0.4 is 15.5 Å². The molecule has 1 aliphatic rings. The molecule has 0 aromatic heterocycles. The van der Waals surface area contributed by atoms with Crippen LogP contribution in [0.15, 0.2) is 42.5 Å². The molecule has 0 spiro atoms. The van der Waals surface area contributed by atoms with E-state index < -0.39 is 11.7 Å². The van der Waals surface area contributed by atoms with Crippen molar-refractivity contribution in [3.8, 4) is 0 Å². The molecule has 2 amide bonds. The summed E-state index contributed by atoms with van der Waals surface area (Å²) < 4.78 is 13.4. The molecule has 1 aliphatic heterocycles. The molecule has 0 aliphatic carbocycles. The number of amides is 2. The second-order valence-corrected chi connectivity index (χ2v) is 5.81. The van der Waals surface area contributed by atoms with Crippen LogP contribution in [0.4, 0.5) is 15.8 Å². The Morgan fingerprint density at radius 1 is 1.21 bits per heavy atom. The topological polar surface area (TPSA) is 61.4 Å². The van der Waals surface area contributed by atoms with Crippen molar-refractivity contribution in [1.29, 1.82) is 0 Å². The fraction of sp³-hybridized carbons (Fsp3) is 0.176. The Labute approximate surface area is 143 Å². The van der Waals surface area contributed by atoms with Crippen molar-refractivity contribution in [3.63, 3.8) is 0 Å². The normalized spacial score (nSPS) is 14.2. The first-order valence-corrected chi connectivity index (χ1v) is 7.79. The maximum absolute atomic E-state index is 13.4. The molecule has 0 bridgehead atoms. The fourth-order valence-electron chi connectivity index (χ4n) is 2.46.